The Balaban J connectivity index is 1.62. The number of likely N-dealkylation sites (tertiary alicyclic amines) is 1. The first-order chi connectivity index (χ1) is 10.2. The molecule has 0 spiro atoms. The van der Waals surface area contributed by atoms with Gasteiger partial charge in [0.05, 0.1) is 5.69 Å². The summed E-state index contributed by atoms with van der Waals surface area (Å²) in [7, 11) is 1.94. The van der Waals surface area contributed by atoms with Crippen LogP contribution in [0.4, 0.5) is 0 Å². The third-order valence-corrected chi connectivity index (χ3v) is 4.53. The molecule has 0 aliphatic carbocycles. The monoisotopic (exact) mass is 287 g/mol. The molecule has 0 amide bonds. The lowest BCUT2D eigenvalue weighted by atomic mass is 10.2. The van der Waals surface area contributed by atoms with Gasteiger partial charge in [0.25, 0.3) is 0 Å². The van der Waals surface area contributed by atoms with Crippen molar-refractivity contribution in [3.05, 3.63) is 23.5 Å². The lowest BCUT2D eigenvalue weighted by molar-refractivity contribution is 0.260. The molecule has 5 heteroatoms. The molecule has 5 nitrogen and oxygen atoms in total. The molecule has 21 heavy (non-hydrogen) atoms. The summed E-state index contributed by atoms with van der Waals surface area (Å²) in [6.45, 7) is 8.66. The van der Waals surface area contributed by atoms with Gasteiger partial charge in [-0.3, -0.25) is 9.58 Å². The molecule has 114 valence electrons. The van der Waals surface area contributed by atoms with Gasteiger partial charge >= 0.3 is 0 Å². The number of nitrogens with zero attached hydrogens (tertiary/aromatic N) is 4. The molecule has 1 N–H and O–H groups in total. The predicted octanol–water partition coefficient (Wildman–Crippen LogP) is 1.85. The van der Waals surface area contributed by atoms with E-state index in [1.54, 1.807) is 0 Å². The molecule has 0 aromatic carbocycles. The molecule has 0 saturated carbocycles. The van der Waals surface area contributed by atoms with E-state index >= 15 is 0 Å². The SMILES string of the molecule is CCN1CCC[C@@H]1CNCc1cnc2c(c1)c(C)nn2C. The zero-order valence-corrected chi connectivity index (χ0v) is 13.3. The van der Waals surface area contributed by atoms with E-state index in [1.807, 2.05) is 24.9 Å². The summed E-state index contributed by atoms with van der Waals surface area (Å²) in [4.78, 5) is 7.10. The highest BCUT2D eigenvalue weighted by molar-refractivity contribution is 5.78. The van der Waals surface area contributed by atoms with Crippen LogP contribution in [0.2, 0.25) is 0 Å². The Morgan fingerprint density at radius 3 is 3.10 bits per heavy atom. The lowest BCUT2D eigenvalue weighted by Gasteiger charge is -2.22. The molecule has 1 fully saturated rings. The summed E-state index contributed by atoms with van der Waals surface area (Å²) in [6.07, 6.45) is 4.62. The maximum absolute atomic E-state index is 4.53. The first kappa shape index (κ1) is 14.5. The fraction of sp³-hybridized carbons (Fsp3) is 0.625. The number of likely N-dealkylation sites (N-methyl/N-ethyl adjacent to an activating group) is 1. The minimum Gasteiger partial charge on any atom is -0.311 e. The Bertz CT molecular complexity index is 618. The predicted molar refractivity (Wildman–Crippen MR) is 85.2 cm³/mol. The normalized spacial score (nSPS) is 19.7. The van der Waals surface area contributed by atoms with E-state index in [0.717, 1.165) is 36.4 Å². The third-order valence-electron chi connectivity index (χ3n) is 4.53. The number of fused-ring (bicyclic) bond motifs is 1. The third kappa shape index (κ3) is 2.94. The summed E-state index contributed by atoms with van der Waals surface area (Å²) in [6, 6.07) is 2.91. The molecule has 2 aromatic heterocycles. The minimum atomic E-state index is 0.701. The highest BCUT2D eigenvalue weighted by Crippen LogP contribution is 2.17. The van der Waals surface area contributed by atoms with Gasteiger partial charge in [0, 0.05) is 37.8 Å². The Labute approximate surface area is 126 Å². The van der Waals surface area contributed by atoms with Crippen molar-refractivity contribution in [3.8, 4) is 0 Å². The quantitative estimate of drug-likeness (QED) is 0.911. The fourth-order valence-electron chi connectivity index (χ4n) is 3.37. The molecule has 2 aromatic rings. The average Bonchev–Trinajstić information content (AvgIpc) is 3.04. The Kier molecular flexibility index (Phi) is 4.22. The van der Waals surface area contributed by atoms with E-state index in [2.05, 4.69) is 33.3 Å². The Hall–Kier alpha value is -1.46. The van der Waals surface area contributed by atoms with Crippen LogP contribution in [0.1, 0.15) is 31.0 Å². The van der Waals surface area contributed by atoms with E-state index < -0.39 is 0 Å². The number of aromatic nitrogens is 3. The Morgan fingerprint density at radius 1 is 1.43 bits per heavy atom. The van der Waals surface area contributed by atoms with Crippen molar-refractivity contribution in [1.82, 2.24) is 25.0 Å². The van der Waals surface area contributed by atoms with Crippen molar-refractivity contribution < 1.29 is 0 Å². The van der Waals surface area contributed by atoms with Crippen LogP contribution in [-0.2, 0) is 13.6 Å². The molecule has 0 bridgehead atoms. The second kappa shape index (κ2) is 6.12. The first-order valence-corrected chi connectivity index (χ1v) is 7.92. The van der Waals surface area contributed by atoms with Gasteiger partial charge < -0.3 is 5.32 Å². The smallest absolute Gasteiger partial charge is 0.157 e. The van der Waals surface area contributed by atoms with E-state index in [4.69, 9.17) is 0 Å². The topological polar surface area (TPSA) is 46.0 Å². The van der Waals surface area contributed by atoms with E-state index in [1.165, 1.54) is 24.9 Å². The van der Waals surface area contributed by atoms with Gasteiger partial charge in [0.2, 0.25) is 0 Å². The summed E-state index contributed by atoms with van der Waals surface area (Å²) >= 11 is 0. The minimum absolute atomic E-state index is 0.701. The van der Waals surface area contributed by atoms with Crippen LogP contribution < -0.4 is 5.32 Å². The average molecular weight is 287 g/mol. The molecule has 1 aliphatic rings. The molecule has 0 radical (unpaired) electrons. The molecular weight excluding hydrogens is 262 g/mol. The number of hydrogen-bond donors (Lipinski definition) is 1. The van der Waals surface area contributed by atoms with Crippen LogP contribution in [0.5, 0.6) is 0 Å². The lowest BCUT2D eigenvalue weighted by Crippen LogP contribution is -2.37. The van der Waals surface area contributed by atoms with Gasteiger partial charge in [-0.2, -0.15) is 5.10 Å². The molecule has 3 rings (SSSR count). The summed E-state index contributed by atoms with van der Waals surface area (Å²) in [5, 5.41) is 9.17. The standard InChI is InChI=1S/C16H25N5/c1-4-21-7-5-6-14(21)11-17-9-13-8-15-12(2)19-20(3)16(15)18-10-13/h8,10,14,17H,4-7,9,11H2,1-3H3/t14-/m1/s1. The van der Waals surface area contributed by atoms with E-state index in [0.29, 0.717) is 6.04 Å². The van der Waals surface area contributed by atoms with Crippen molar-refractivity contribution in [1.29, 1.82) is 0 Å². The zero-order valence-electron chi connectivity index (χ0n) is 13.3. The molecular formula is C16H25N5. The summed E-state index contributed by atoms with van der Waals surface area (Å²) in [5.74, 6) is 0. The molecule has 1 saturated heterocycles. The van der Waals surface area contributed by atoms with Crippen LogP contribution >= 0.6 is 0 Å². The van der Waals surface area contributed by atoms with Crippen LogP contribution in [0.25, 0.3) is 11.0 Å². The first-order valence-electron chi connectivity index (χ1n) is 7.92. The molecule has 1 aliphatic heterocycles. The van der Waals surface area contributed by atoms with E-state index in [9.17, 15) is 0 Å². The molecule has 0 unspecified atom stereocenters. The van der Waals surface area contributed by atoms with Crippen molar-refractivity contribution in [2.45, 2.75) is 39.3 Å². The van der Waals surface area contributed by atoms with Crippen molar-refractivity contribution in [2.24, 2.45) is 7.05 Å². The maximum atomic E-state index is 4.53. The number of aryl methyl sites for hydroxylation is 2. The number of nitrogens with one attached hydrogen (secondary N) is 1. The molecule has 3 heterocycles. The van der Waals surface area contributed by atoms with Gasteiger partial charge in [-0.15, -0.1) is 0 Å². The van der Waals surface area contributed by atoms with Crippen molar-refractivity contribution in [3.63, 3.8) is 0 Å². The number of pyridine rings is 1. The van der Waals surface area contributed by atoms with E-state index in [-0.39, 0.29) is 0 Å². The van der Waals surface area contributed by atoms with Crippen LogP contribution in [0, 0.1) is 6.92 Å². The van der Waals surface area contributed by atoms with Crippen LogP contribution in [0.3, 0.4) is 0 Å². The van der Waals surface area contributed by atoms with Crippen LogP contribution in [0.15, 0.2) is 12.3 Å². The number of rotatable bonds is 5. The van der Waals surface area contributed by atoms with Gasteiger partial charge in [0.1, 0.15) is 0 Å². The van der Waals surface area contributed by atoms with Gasteiger partial charge in [-0.25, -0.2) is 4.98 Å². The highest BCUT2D eigenvalue weighted by atomic mass is 15.3. The van der Waals surface area contributed by atoms with Gasteiger partial charge in [-0.1, -0.05) is 6.92 Å². The van der Waals surface area contributed by atoms with Gasteiger partial charge in [-0.05, 0) is 44.5 Å². The fourth-order valence-corrected chi connectivity index (χ4v) is 3.37. The second-order valence-corrected chi connectivity index (χ2v) is 5.98. The maximum Gasteiger partial charge on any atom is 0.157 e. The van der Waals surface area contributed by atoms with Gasteiger partial charge in [0.15, 0.2) is 5.65 Å². The largest absolute Gasteiger partial charge is 0.311 e. The highest BCUT2D eigenvalue weighted by Gasteiger charge is 2.22. The molecule has 1 atom stereocenters. The summed E-state index contributed by atoms with van der Waals surface area (Å²) < 4.78 is 1.85. The van der Waals surface area contributed by atoms with Crippen molar-refractivity contribution in [2.75, 3.05) is 19.6 Å². The van der Waals surface area contributed by atoms with Crippen molar-refractivity contribution >= 4 is 11.0 Å². The number of hydrogen-bond acceptors (Lipinski definition) is 4. The Morgan fingerprint density at radius 2 is 2.29 bits per heavy atom. The van der Waals surface area contributed by atoms with Crippen LogP contribution in [-0.4, -0.2) is 45.3 Å². The summed E-state index contributed by atoms with van der Waals surface area (Å²) in [5.41, 5.74) is 3.25. The second-order valence-electron chi connectivity index (χ2n) is 5.98. The zero-order chi connectivity index (χ0) is 14.8.